The molecule has 2 heterocycles. The van der Waals surface area contributed by atoms with Crippen molar-refractivity contribution in [3.8, 4) is 0 Å². The quantitative estimate of drug-likeness (QED) is 0.883. The topological polar surface area (TPSA) is 42.3 Å². The maximum atomic E-state index is 5.91. The van der Waals surface area contributed by atoms with Crippen molar-refractivity contribution in [2.24, 2.45) is 0 Å². The molecule has 5 nitrogen and oxygen atoms in total. The third-order valence-electron chi connectivity index (χ3n) is 4.16. The van der Waals surface area contributed by atoms with Crippen LogP contribution in [0.25, 0.3) is 0 Å². The molecular formula is C15H28N4O. The predicted molar refractivity (Wildman–Crippen MR) is 80.9 cm³/mol. The Labute approximate surface area is 122 Å². The van der Waals surface area contributed by atoms with Gasteiger partial charge in [0.05, 0.1) is 24.9 Å². The fraction of sp³-hybridized carbons (Fsp3) is 0.800. The molecule has 114 valence electrons. The van der Waals surface area contributed by atoms with Gasteiger partial charge in [0, 0.05) is 36.9 Å². The number of morpholine rings is 1. The molecule has 1 atom stereocenters. The van der Waals surface area contributed by atoms with Gasteiger partial charge in [0.25, 0.3) is 0 Å². The summed E-state index contributed by atoms with van der Waals surface area (Å²) in [6, 6.07) is 0.585. The van der Waals surface area contributed by atoms with Crippen LogP contribution in [0.1, 0.15) is 30.8 Å². The third kappa shape index (κ3) is 3.40. The van der Waals surface area contributed by atoms with E-state index in [9.17, 15) is 0 Å². The molecule has 20 heavy (non-hydrogen) atoms. The van der Waals surface area contributed by atoms with Crippen LogP contribution >= 0.6 is 0 Å². The largest absolute Gasteiger partial charge is 0.374 e. The van der Waals surface area contributed by atoms with Gasteiger partial charge in [-0.25, -0.2) is 0 Å². The second-order valence-corrected chi connectivity index (χ2v) is 5.94. The summed E-state index contributed by atoms with van der Waals surface area (Å²) in [6.45, 7) is 13.3. The first kappa shape index (κ1) is 15.5. The molecule has 0 radical (unpaired) electrons. The van der Waals surface area contributed by atoms with Crippen LogP contribution in [0.4, 0.5) is 0 Å². The van der Waals surface area contributed by atoms with Crippen molar-refractivity contribution in [1.82, 2.24) is 20.0 Å². The molecule has 0 aliphatic carbocycles. The van der Waals surface area contributed by atoms with Gasteiger partial charge in [0.1, 0.15) is 0 Å². The minimum Gasteiger partial charge on any atom is -0.374 e. The Morgan fingerprint density at radius 3 is 2.80 bits per heavy atom. The van der Waals surface area contributed by atoms with Crippen molar-refractivity contribution >= 4 is 0 Å². The predicted octanol–water partition coefficient (Wildman–Crippen LogP) is 1.33. The third-order valence-corrected chi connectivity index (χ3v) is 4.16. The van der Waals surface area contributed by atoms with Crippen molar-refractivity contribution in [1.29, 1.82) is 0 Å². The van der Waals surface area contributed by atoms with E-state index in [1.54, 1.807) is 0 Å². The van der Waals surface area contributed by atoms with Crippen LogP contribution < -0.4 is 5.32 Å². The van der Waals surface area contributed by atoms with Crippen LogP contribution in [-0.2, 0) is 17.8 Å². The zero-order chi connectivity index (χ0) is 14.7. The number of nitrogens with zero attached hydrogens (tertiary/aromatic N) is 3. The lowest BCUT2D eigenvalue weighted by Gasteiger charge is -2.35. The van der Waals surface area contributed by atoms with E-state index in [0.717, 1.165) is 38.5 Å². The van der Waals surface area contributed by atoms with Crippen LogP contribution in [0.3, 0.4) is 0 Å². The number of hydrogen-bond acceptors (Lipinski definition) is 4. The lowest BCUT2D eigenvalue weighted by molar-refractivity contribution is -0.0472. The summed E-state index contributed by atoms with van der Waals surface area (Å²) in [7, 11) is 1.97. The number of ether oxygens (including phenoxy) is 1. The van der Waals surface area contributed by atoms with E-state index in [-0.39, 0.29) is 6.10 Å². The molecule has 0 saturated carbocycles. The van der Waals surface area contributed by atoms with Crippen LogP contribution in [-0.4, -0.2) is 53.6 Å². The van der Waals surface area contributed by atoms with E-state index in [1.807, 2.05) is 7.05 Å². The summed E-state index contributed by atoms with van der Waals surface area (Å²) >= 11 is 0. The monoisotopic (exact) mass is 280 g/mol. The molecule has 0 bridgehead atoms. The van der Waals surface area contributed by atoms with Crippen molar-refractivity contribution in [2.75, 3.05) is 26.7 Å². The van der Waals surface area contributed by atoms with Crippen molar-refractivity contribution in [3.05, 3.63) is 17.0 Å². The highest BCUT2D eigenvalue weighted by Gasteiger charge is 2.23. The number of rotatable bonds is 5. The summed E-state index contributed by atoms with van der Waals surface area (Å²) in [6.07, 6.45) is 0.242. The van der Waals surface area contributed by atoms with Crippen molar-refractivity contribution in [2.45, 2.75) is 52.9 Å². The highest BCUT2D eigenvalue weighted by atomic mass is 16.5. The first-order valence-electron chi connectivity index (χ1n) is 7.56. The van der Waals surface area contributed by atoms with Crippen molar-refractivity contribution < 1.29 is 4.74 Å². The molecule has 1 aliphatic rings. The molecule has 1 unspecified atom stereocenters. The van der Waals surface area contributed by atoms with Crippen molar-refractivity contribution in [3.63, 3.8) is 0 Å². The molecule has 0 aromatic carbocycles. The van der Waals surface area contributed by atoms with E-state index in [1.165, 1.54) is 11.3 Å². The van der Waals surface area contributed by atoms with Gasteiger partial charge < -0.3 is 10.1 Å². The molecule has 5 heteroatoms. The molecule has 1 saturated heterocycles. The normalized spacial score (nSPS) is 20.8. The molecule has 1 N–H and O–H groups in total. The zero-order valence-electron chi connectivity index (χ0n) is 13.4. The van der Waals surface area contributed by atoms with Gasteiger partial charge in [-0.1, -0.05) is 0 Å². The standard InChI is InChI=1S/C15H28N4O/c1-11(2)18-6-7-20-14(9-18)10-19-13(4)15(8-16-5)12(3)17-19/h11,14,16H,6-10H2,1-5H3. The van der Waals surface area contributed by atoms with Crippen LogP contribution in [0, 0.1) is 13.8 Å². The summed E-state index contributed by atoms with van der Waals surface area (Å²) in [5, 5.41) is 7.88. The molecule has 0 spiro atoms. The Balaban J connectivity index is 2.04. The van der Waals surface area contributed by atoms with Gasteiger partial charge in [-0.05, 0) is 34.7 Å². The van der Waals surface area contributed by atoms with Crippen LogP contribution in [0.15, 0.2) is 0 Å². The molecule has 2 rings (SSSR count). The average molecular weight is 280 g/mol. The molecule has 1 aliphatic heterocycles. The summed E-state index contributed by atoms with van der Waals surface area (Å²) in [4.78, 5) is 2.48. The minimum atomic E-state index is 0.242. The molecule has 1 aromatic heterocycles. The molecular weight excluding hydrogens is 252 g/mol. The number of aromatic nitrogens is 2. The van der Waals surface area contributed by atoms with Gasteiger partial charge >= 0.3 is 0 Å². The van der Waals surface area contributed by atoms with E-state index >= 15 is 0 Å². The van der Waals surface area contributed by atoms with E-state index in [4.69, 9.17) is 4.74 Å². The Hall–Kier alpha value is -0.910. The molecule has 1 fully saturated rings. The van der Waals surface area contributed by atoms with E-state index < -0.39 is 0 Å². The van der Waals surface area contributed by atoms with E-state index in [2.05, 4.69) is 47.7 Å². The Morgan fingerprint density at radius 1 is 1.40 bits per heavy atom. The Kier molecular flexibility index (Phi) is 5.18. The maximum Gasteiger partial charge on any atom is 0.0898 e. The number of nitrogens with one attached hydrogen (secondary N) is 1. The smallest absolute Gasteiger partial charge is 0.0898 e. The molecule has 0 amide bonds. The van der Waals surface area contributed by atoms with Crippen LogP contribution in [0.2, 0.25) is 0 Å². The first-order chi connectivity index (χ1) is 9.52. The Bertz CT molecular complexity index is 441. The second kappa shape index (κ2) is 6.70. The van der Waals surface area contributed by atoms with Gasteiger partial charge in [-0.3, -0.25) is 9.58 Å². The fourth-order valence-corrected chi connectivity index (χ4v) is 2.86. The van der Waals surface area contributed by atoms with Crippen LogP contribution in [0.5, 0.6) is 0 Å². The Morgan fingerprint density at radius 2 is 2.15 bits per heavy atom. The lowest BCUT2D eigenvalue weighted by Crippen LogP contribution is -2.47. The zero-order valence-corrected chi connectivity index (χ0v) is 13.4. The molecule has 1 aromatic rings. The summed E-state index contributed by atoms with van der Waals surface area (Å²) in [5.41, 5.74) is 3.68. The van der Waals surface area contributed by atoms with E-state index in [0.29, 0.717) is 6.04 Å². The average Bonchev–Trinajstić information content (AvgIpc) is 2.67. The number of aryl methyl sites for hydroxylation is 1. The van der Waals surface area contributed by atoms with Gasteiger partial charge in [-0.15, -0.1) is 0 Å². The summed E-state index contributed by atoms with van der Waals surface area (Å²) < 4.78 is 8.02. The SMILES string of the molecule is CNCc1c(C)nn(CC2CN(C(C)C)CCO2)c1C. The highest BCUT2D eigenvalue weighted by Crippen LogP contribution is 2.16. The maximum absolute atomic E-state index is 5.91. The first-order valence-corrected chi connectivity index (χ1v) is 7.56. The summed E-state index contributed by atoms with van der Waals surface area (Å²) in [5.74, 6) is 0. The highest BCUT2D eigenvalue weighted by molar-refractivity contribution is 5.24. The second-order valence-electron chi connectivity index (χ2n) is 5.94. The fourth-order valence-electron chi connectivity index (χ4n) is 2.86. The van der Waals surface area contributed by atoms with Gasteiger partial charge in [0.15, 0.2) is 0 Å². The van der Waals surface area contributed by atoms with Gasteiger partial charge in [-0.2, -0.15) is 5.10 Å². The minimum absolute atomic E-state index is 0.242. The van der Waals surface area contributed by atoms with Gasteiger partial charge in [0.2, 0.25) is 0 Å². The number of hydrogen-bond donors (Lipinski definition) is 1. The lowest BCUT2D eigenvalue weighted by atomic mass is 10.2.